The molecule has 0 radical (unpaired) electrons. The van der Waals surface area contributed by atoms with Crippen molar-refractivity contribution in [1.82, 2.24) is 54.1 Å². The van der Waals surface area contributed by atoms with E-state index in [1.807, 2.05) is 5.09 Å². The smallest absolute Gasteiger partial charge is 0.313 e. The molecule has 5 aromatic rings. The third-order valence-electron chi connectivity index (χ3n) is 8.93. The molecule has 322 valence electrons. The fourth-order valence-electron chi connectivity index (χ4n) is 6.18. The molecule has 7 rings (SSSR count). The number of ether oxygens (including phenoxy) is 2. The van der Waals surface area contributed by atoms with Crippen LogP contribution < -0.4 is 52.4 Å². The van der Waals surface area contributed by atoms with Crippen molar-refractivity contribution < 1.29 is 76.2 Å². The van der Waals surface area contributed by atoms with E-state index in [0.29, 0.717) is 6.20 Å². The second-order valence-corrected chi connectivity index (χ2v) is 17.8. The fourth-order valence-corrected chi connectivity index (χ4v) is 9.32. The van der Waals surface area contributed by atoms with Crippen LogP contribution in [0.1, 0.15) is 12.5 Å². The van der Waals surface area contributed by atoms with Crippen LogP contribution in [0, 0.1) is 0 Å². The van der Waals surface area contributed by atoms with Crippen molar-refractivity contribution in [3.8, 4) is 0 Å². The summed E-state index contributed by atoms with van der Waals surface area (Å²) in [6.07, 6.45) is -9.47. The van der Waals surface area contributed by atoms with Crippen molar-refractivity contribution in [2.75, 3.05) is 31.2 Å². The summed E-state index contributed by atoms with van der Waals surface area (Å²) >= 11 is 0. The molecule has 11 atom stereocenters. The Morgan fingerprint density at radius 3 is 2.36 bits per heavy atom. The topological polar surface area (TPSA) is 460 Å². The quantitative estimate of drug-likeness (QED) is 0.0348. The van der Waals surface area contributed by atoms with Gasteiger partial charge in [-0.15, -0.1) is 5.10 Å². The zero-order valence-corrected chi connectivity index (χ0v) is 32.5. The van der Waals surface area contributed by atoms with Crippen LogP contribution in [0.5, 0.6) is 0 Å². The SMILES string of the molecule is Cn1c[n+]([C@@H]2O[C@H](COP(=O)([O-])NCCn3cc(P(=O)([O-])OP(=O)([O-])OC[C@H]4O[C@@H](n5cnc6c(=O)[nH]c(N)nc65)[C@@H](O)C4O)nn3)[C@H](O)C2O)c2nc(N)[nH]c(=O)c21. The minimum Gasteiger partial charge on any atom is -0.774 e. The molecule has 0 aromatic carbocycles. The maximum atomic E-state index is 12.7. The number of H-pyrrole nitrogens is 2. The van der Waals surface area contributed by atoms with E-state index in [4.69, 9.17) is 25.5 Å². The number of aryl methyl sites for hydroxylation is 1. The van der Waals surface area contributed by atoms with Gasteiger partial charge in [-0.25, -0.2) is 9.55 Å². The van der Waals surface area contributed by atoms with E-state index in [2.05, 4.69) is 44.1 Å². The van der Waals surface area contributed by atoms with Gasteiger partial charge in [-0.2, -0.15) is 4.98 Å². The average Bonchev–Trinajstić information content (AvgIpc) is 3.96. The number of rotatable bonds is 15. The number of hydrogen-bond donors (Lipinski definition) is 9. The Balaban J connectivity index is 0.890. The average molecular weight is 895 g/mol. The standard InChI is InChI=1S/C25H35N14O17P3/c1-36-8-39(19-13(36)21(45)33-25(27)31-19)23-17(43)14(40)9(55-23)5-52-58(48,49)29-2-3-37-4-11(34-35-37)57(46,47)56-59(50,51)53-6-10-15(41)16(42)22(54-10)38-7-28-12-18(38)30-24(26)32-20(12)44/h4,7-10,14-17,22-23,40-43H,2-3,5-6H2,1H3,(H9-,26,27,29,30,31,32,33,44,45,46,47,48,49,50,51)/p-2/t9-,10-,14+,15?,16+,17?,22-,23-/m1/s1. The van der Waals surface area contributed by atoms with Gasteiger partial charge in [-0.3, -0.25) is 51.9 Å². The van der Waals surface area contributed by atoms with Gasteiger partial charge >= 0.3 is 5.65 Å². The van der Waals surface area contributed by atoms with Crippen LogP contribution in [0.25, 0.3) is 22.3 Å². The second kappa shape index (κ2) is 15.9. The van der Waals surface area contributed by atoms with Crippen LogP contribution in [-0.2, 0) is 50.1 Å². The highest BCUT2D eigenvalue weighted by Crippen LogP contribution is 2.54. The first-order valence-corrected chi connectivity index (χ1v) is 21.3. The third-order valence-corrected chi connectivity index (χ3v) is 12.9. The molecule has 2 aliphatic rings. The van der Waals surface area contributed by atoms with Crippen LogP contribution in [0.3, 0.4) is 0 Å². The summed E-state index contributed by atoms with van der Waals surface area (Å²) in [6, 6.07) is 0. The van der Waals surface area contributed by atoms with E-state index >= 15 is 0 Å². The number of hydrogen-bond acceptors (Lipinski definition) is 24. The Hall–Kier alpha value is -4.39. The maximum Gasteiger partial charge on any atom is 0.313 e. The lowest BCUT2D eigenvalue weighted by Crippen LogP contribution is -2.46. The molecule has 0 bridgehead atoms. The van der Waals surface area contributed by atoms with Gasteiger partial charge in [0, 0.05) is 6.54 Å². The van der Waals surface area contributed by atoms with Gasteiger partial charge < -0.3 is 69.7 Å². The summed E-state index contributed by atoms with van der Waals surface area (Å²) in [4.78, 5) is 78.6. The normalized spacial score (nSPS) is 27.9. The molecular weight excluding hydrogens is 861 g/mol. The number of phosphoric acid groups is 1. The van der Waals surface area contributed by atoms with E-state index in [-0.39, 0.29) is 40.8 Å². The molecule has 11 N–H and O–H groups in total. The summed E-state index contributed by atoms with van der Waals surface area (Å²) < 4.78 is 67.2. The van der Waals surface area contributed by atoms with Crippen LogP contribution in [0.4, 0.5) is 11.9 Å². The monoisotopic (exact) mass is 894 g/mol. The predicted molar refractivity (Wildman–Crippen MR) is 184 cm³/mol. The Labute approximate surface area is 326 Å². The minimum absolute atomic E-state index is 0.00724. The van der Waals surface area contributed by atoms with E-state index < -0.39 is 109 Å². The molecule has 0 aliphatic carbocycles. The molecule has 0 saturated carbocycles. The molecule has 34 heteroatoms. The number of fused-ring (bicyclic) bond motifs is 2. The van der Waals surface area contributed by atoms with Crippen LogP contribution in [-0.4, -0.2) is 126 Å². The lowest BCUT2D eigenvalue weighted by molar-refractivity contribution is -0.745. The minimum atomic E-state index is -5.75. The van der Waals surface area contributed by atoms with E-state index in [1.54, 1.807) is 0 Å². The Kier molecular flexibility index (Phi) is 11.5. The number of nitrogens with one attached hydrogen (secondary N) is 3. The number of aliphatic hydroxyl groups excluding tert-OH is 4. The van der Waals surface area contributed by atoms with Crippen molar-refractivity contribution in [2.24, 2.45) is 7.05 Å². The molecule has 7 heterocycles. The zero-order valence-electron chi connectivity index (χ0n) is 29.8. The number of aromatic nitrogens is 11. The van der Waals surface area contributed by atoms with Crippen molar-refractivity contribution in [3.05, 3.63) is 39.6 Å². The highest BCUT2D eigenvalue weighted by molar-refractivity contribution is 7.67. The van der Waals surface area contributed by atoms with Crippen LogP contribution >= 0.6 is 23.2 Å². The van der Waals surface area contributed by atoms with E-state index in [0.717, 1.165) is 15.6 Å². The number of nitrogen functional groups attached to an aromatic ring is 2. The molecule has 59 heavy (non-hydrogen) atoms. The number of nitrogens with zero attached hydrogens (tertiary/aromatic N) is 9. The molecule has 5 aromatic heterocycles. The maximum absolute atomic E-state index is 12.7. The molecule has 0 spiro atoms. The van der Waals surface area contributed by atoms with Gasteiger partial charge in [0.2, 0.25) is 25.4 Å². The van der Waals surface area contributed by atoms with Crippen LogP contribution in [0.2, 0.25) is 0 Å². The molecule has 2 fully saturated rings. The number of aliphatic hydroxyl groups is 4. The molecule has 31 nitrogen and oxygen atoms in total. The van der Waals surface area contributed by atoms with E-state index in [1.165, 1.54) is 22.5 Å². The van der Waals surface area contributed by atoms with Crippen molar-refractivity contribution in [1.29, 1.82) is 0 Å². The van der Waals surface area contributed by atoms with Gasteiger partial charge in [-0.05, 0) is 0 Å². The summed E-state index contributed by atoms with van der Waals surface area (Å²) in [5.41, 5.74) is 8.65. The second-order valence-electron chi connectivity index (χ2n) is 13.0. The number of phosphoric ester groups is 1. The molecular formula is C25H33N14O17P3-2. The first-order chi connectivity index (χ1) is 27.6. The van der Waals surface area contributed by atoms with Gasteiger partial charge in [0.25, 0.3) is 24.9 Å². The largest absolute Gasteiger partial charge is 0.774 e. The summed E-state index contributed by atoms with van der Waals surface area (Å²) in [7, 11) is -14.7. The summed E-state index contributed by atoms with van der Waals surface area (Å²) in [6.45, 7) is -2.70. The van der Waals surface area contributed by atoms with Crippen molar-refractivity contribution in [2.45, 2.75) is 55.6 Å². The third kappa shape index (κ3) is 8.63. The fraction of sp³-hybridized carbons (Fsp3) is 0.520. The van der Waals surface area contributed by atoms with Gasteiger partial charge in [0.05, 0.1) is 39.3 Å². The highest BCUT2D eigenvalue weighted by atomic mass is 31.3. The summed E-state index contributed by atoms with van der Waals surface area (Å²) in [5.74, 6) is -0.529. The van der Waals surface area contributed by atoms with Gasteiger partial charge in [0.15, 0.2) is 36.7 Å². The van der Waals surface area contributed by atoms with Gasteiger partial charge in [-0.1, -0.05) is 10.2 Å². The Bertz CT molecular complexity index is 2650. The van der Waals surface area contributed by atoms with Gasteiger partial charge in [0.1, 0.15) is 36.6 Å². The molecule has 5 unspecified atom stereocenters. The van der Waals surface area contributed by atoms with E-state index in [9.17, 15) is 58.4 Å². The number of imidazole rings is 2. The number of nitrogens with two attached hydrogens (primary N) is 2. The predicted octanol–water partition coefficient (Wildman–Crippen LogP) is -7.87. The summed E-state index contributed by atoms with van der Waals surface area (Å²) in [5, 5.41) is 51.1. The van der Waals surface area contributed by atoms with Crippen molar-refractivity contribution >= 4 is 62.8 Å². The lowest BCUT2D eigenvalue weighted by atomic mass is 10.1. The molecule has 0 amide bonds. The molecule has 2 saturated heterocycles. The highest BCUT2D eigenvalue weighted by Gasteiger charge is 2.48. The Morgan fingerprint density at radius 1 is 0.949 bits per heavy atom. The Morgan fingerprint density at radius 2 is 1.61 bits per heavy atom. The number of aromatic amines is 2. The first-order valence-electron chi connectivity index (χ1n) is 16.8. The van der Waals surface area contributed by atoms with Crippen molar-refractivity contribution in [3.63, 3.8) is 0 Å². The first kappa shape index (κ1) is 42.7. The van der Waals surface area contributed by atoms with Crippen LogP contribution in [0.15, 0.2) is 28.4 Å². The lowest BCUT2D eigenvalue weighted by Gasteiger charge is -2.30. The zero-order chi connectivity index (χ0) is 42.8. The molecule has 2 aliphatic heterocycles. The number of anilines is 2.